The Morgan fingerprint density at radius 2 is 1.83 bits per heavy atom. The normalized spacial score (nSPS) is 11.3. The van der Waals surface area contributed by atoms with Crippen LogP contribution in [0, 0.1) is 6.92 Å². The van der Waals surface area contributed by atoms with E-state index in [1.54, 1.807) is 39.8 Å². The van der Waals surface area contributed by atoms with Crippen LogP contribution in [-0.4, -0.2) is 9.55 Å². The molecule has 0 N–H and O–H groups in total. The Balaban J connectivity index is 1.85. The highest BCUT2D eigenvalue weighted by molar-refractivity contribution is 9.10. The quantitative estimate of drug-likeness (QED) is 0.196. The summed E-state index contributed by atoms with van der Waals surface area (Å²) in [6, 6.07) is 15.6. The largest absolute Gasteiger partial charge is 0.268 e. The molecule has 0 aliphatic heterocycles. The number of nitrogens with zero attached hydrogens (tertiary/aromatic N) is 2. The minimum Gasteiger partial charge on any atom is -0.268 e. The van der Waals surface area contributed by atoms with E-state index >= 15 is 0 Å². The molecule has 0 amide bonds. The zero-order valence-corrected chi connectivity index (χ0v) is 20.6. The Bertz CT molecular complexity index is 1250. The van der Waals surface area contributed by atoms with E-state index in [2.05, 4.69) is 35.0 Å². The van der Waals surface area contributed by atoms with Gasteiger partial charge in [-0.15, -0.1) is 11.3 Å². The molecule has 0 unspecified atom stereocenters. The van der Waals surface area contributed by atoms with Gasteiger partial charge in [-0.1, -0.05) is 64.8 Å². The minimum atomic E-state index is -0.0169. The summed E-state index contributed by atoms with van der Waals surface area (Å²) in [5, 5.41) is 2.07. The van der Waals surface area contributed by atoms with Gasteiger partial charge in [0.1, 0.15) is 4.83 Å². The maximum atomic E-state index is 13.6. The second-order valence-corrected chi connectivity index (χ2v) is 10.4. The van der Waals surface area contributed by atoms with Gasteiger partial charge in [-0.25, -0.2) is 4.98 Å². The molecule has 0 aliphatic rings. The van der Waals surface area contributed by atoms with Crippen molar-refractivity contribution in [2.24, 2.45) is 0 Å². The predicted molar refractivity (Wildman–Crippen MR) is 133 cm³/mol. The maximum absolute atomic E-state index is 13.6. The zero-order valence-electron chi connectivity index (χ0n) is 16.6. The van der Waals surface area contributed by atoms with Crippen molar-refractivity contribution >= 4 is 60.8 Å². The molecule has 30 heavy (non-hydrogen) atoms. The van der Waals surface area contributed by atoms with Gasteiger partial charge in [0.25, 0.3) is 5.56 Å². The van der Waals surface area contributed by atoms with E-state index in [0.717, 1.165) is 44.5 Å². The summed E-state index contributed by atoms with van der Waals surface area (Å²) in [7, 11) is 0. The molecule has 3 nitrogen and oxygen atoms in total. The number of fused-ring (bicyclic) bond motifs is 1. The average molecular weight is 520 g/mol. The predicted octanol–water partition coefficient (Wildman–Crippen LogP) is 7.42. The van der Waals surface area contributed by atoms with Crippen LogP contribution in [0.4, 0.5) is 0 Å². The maximum Gasteiger partial charge on any atom is 0.267 e. The summed E-state index contributed by atoms with van der Waals surface area (Å²) in [4.78, 5) is 20.6. The molecule has 0 bridgehead atoms. The summed E-state index contributed by atoms with van der Waals surface area (Å²) in [6.45, 7) is 4.19. The first-order valence-corrected chi connectivity index (χ1v) is 12.6. The van der Waals surface area contributed by atoms with Crippen molar-refractivity contribution in [3.63, 3.8) is 0 Å². The lowest BCUT2D eigenvalue weighted by atomic mass is 10.1. The highest BCUT2D eigenvalue weighted by atomic mass is 79.9. The lowest BCUT2D eigenvalue weighted by Crippen LogP contribution is -2.21. The number of hydrogen-bond donors (Lipinski definition) is 0. The molecule has 7 heteroatoms. The van der Waals surface area contributed by atoms with E-state index in [0.29, 0.717) is 10.2 Å². The molecule has 4 rings (SSSR count). The van der Waals surface area contributed by atoms with Crippen LogP contribution in [0.15, 0.2) is 63.0 Å². The number of thioether (sulfide) groups is 1. The number of hydrogen-bond acceptors (Lipinski definition) is 4. The molecule has 0 fully saturated rings. The third kappa shape index (κ3) is 4.37. The van der Waals surface area contributed by atoms with Gasteiger partial charge in [0.15, 0.2) is 5.16 Å². The van der Waals surface area contributed by atoms with Crippen LogP contribution in [0.5, 0.6) is 0 Å². The summed E-state index contributed by atoms with van der Waals surface area (Å²) in [5.74, 6) is 0.727. The highest BCUT2D eigenvalue weighted by Gasteiger charge is 2.19. The first-order chi connectivity index (χ1) is 14.5. The molecule has 2 aromatic heterocycles. The van der Waals surface area contributed by atoms with Crippen LogP contribution in [0.2, 0.25) is 5.02 Å². The second-order valence-electron chi connectivity index (χ2n) is 7.01. The van der Waals surface area contributed by atoms with Crippen LogP contribution in [0.1, 0.15) is 29.3 Å². The molecule has 2 aromatic carbocycles. The van der Waals surface area contributed by atoms with E-state index < -0.39 is 0 Å². The fraction of sp³-hybridized carbons (Fsp3) is 0.217. The van der Waals surface area contributed by atoms with Crippen molar-refractivity contribution < 1.29 is 0 Å². The van der Waals surface area contributed by atoms with Gasteiger partial charge in [-0.3, -0.25) is 9.36 Å². The van der Waals surface area contributed by atoms with Crippen LogP contribution in [0.3, 0.4) is 0 Å². The summed E-state index contributed by atoms with van der Waals surface area (Å²) in [6.07, 6.45) is 2.01. The molecule has 2 heterocycles. The smallest absolute Gasteiger partial charge is 0.267 e. The van der Waals surface area contributed by atoms with Crippen LogP contribution in [-0.2, 0) is 12.2 Å². The molecule has 0 atom stereocenters. The van der Waals surface area contributed by atoms with Crippen molar-refractivity contribution in [1.82, 2.24) is 9.55 Å². The summed E-state index contributed by atoms with van der Waals surface area (Å²) < 4.78 is 2.77. The molecule has 154 valence electrons. The Morgan fingerprint density at radius 1 is 1.13 bits per heavy atom. The fourth-order valence-corrected chi connectivity index (χ4v) is 6.00. The molecule has 0 saturated carbocycles. The number of rotatable bonds is 6. The molecule has 0 aliphatic carbocycles. The van der Waals surface area contributed by atoms with Gasteiger partial charge >= 0.3 is 0 Å². The Hall–Kier alpha value is -1.60. The summed E-state index contributed by atoms with van der Waals surface area (Å²) >= 11 is 12.8. The highest BCUT2D eigenvalue weighted by Crippen LogP contribution is 2.32. The Labute approximate surface area is 197 Å². The standard InChI is InChI=1S/C23H20BrClN2OS2/c1-3-4-19-14(2)20-21(30-19)26-23(29-13-15-5-7-16(24)8-6-15)27(22(20)28)18-11-9-17(25)10-12-18/h5-12H,3-4,13H2,1-2H3. The third-order valence-corrected chi connectivity index (χ3v) is 7.91. The molecule has 0 radical (unpaired) electrons. The van der Waals surface area contributed by atoms with E-state index in [-0.39, 0.29) is 5.56 Å². The number of aromatic nitrogens is 2. The SMILES string of the molecule is CCCc1sc2nc(SCc3ccc(Br)cc3)n(-c3ccc(Cl)cc3)c(=O)c2c1C. The van der Waals surface area contributed by atoms with Crippen molar-refractivity contribution in [3.8, 4) is 5.69 Å². The molecular formula is C23H20BrClN2OS2. The first kappa shape index (κ1) is 21.6. The second kappa shape index (κ2) is 9.27. The first-order valence-electron chi connectivity index (χ1n) is 9.66. The van der Waals surface area contributed by atoms with Gasteiger partial charge in [-0.05, 0) is 60.9 Å². The van der Waals surface area contributed by atoms with Gasteiger partial charge < -0.3 is 0 Å². The third-order valence-electron chi connectivity index (χ3n) is 4.88. The van der Waals surface area contributed by atoms with E-state index in [9.17, 15) is 4.79 Å². The van der Waals surface area contributed by atoms with Gasteiger partial charge in [-0.2, -0.15) is 0 Å². The van der Waals surface area contributed by atoms with Crippen molar-refractivity contribution in [1.29, 1.82) is 0 Å². The Morgan fingerprint density at radius 3 is 2.50 bits per heavy atom. The van der Waals surface area contributed by atoms with Crippen LogP contribution >= 0.6 is 50.6 Å². The lowest BCUT2D eigenvalue weighted by Gasteiger charge is -2.12. The molecule has 0 saturated heterocycles. The van der Waals surface area contributed by atoms with Crippen molar-refractivity contribution in [2.45, 2.75) is 37.6 Å². The fourth-order valence-electron chi connectivity index (χ4n) is 3.32. The monoisotopic (exact) mass is 518 g/mol. The number of halogens is 2. The van der Waals surface area contributed by atoms with E-state index in [1.807, 2.05) is 31.2 Å². The van der Waals surface area contributed by atoms with Gasteiger partial charge in [0, 0.05) is 20.1 Å². The summed E-state index contributed by atoms with van der Waals surface area (Å²) in [5.41, 5.74) is 2.99. The minimum absolute atomic E-state index is 0.0169. The number of thiophene rings is 1. The number of benzene rings is 2. The molecule has 4 aromatic rings. The van der Waals surface area contributed by atoms with Gasteiger partial charge in [0.2, 0.25) is 0 Å². The van der Waals surface area contributed by atoms with E-state index in [4.69, 9.17) is 16.6 Å². The van der Waals surface area contributed by atoms with Crippen molar-refractivity contribution in [2.75, 3.05) is 0 Å². The Kier molecular flexibility index (Phi) is 6.68. The molecule has 0 spiro atoms. The lowest BCUT2D eigenvalue weighted by molar-refractivity contribution is 0.821. The van der Waals surface area contributed by atoms with Crippen molar-refractivity contribution in [3.05, 3.63) is 84.4 Å². The van der Waals surface area contributed by atoms with E-state index in [1.165, 1.54) is 10.4 Å². The zero-order chi connectivity index (χ0) is 21.3. The van der Waals surface area contributed by atoms with Crippen LogP contribution < -0.4 is 5.56 Å². The van der Waals surface area contributed by atoms with Crippen LogP contribution in [0.25, 0.3) is 15.9 Å². The molecular weight excluding hydrogens is 500 g/mol. The number of aryl methyl sites for hydroxylation is 2. The average Bonchev–Trinajstić information content (AvgIpc) is 3.04. The topological polar surface area (TPSA) is 34.9 Å². The van der Waals surface area contributed by atoms with Gasteiger partial charge in [0.05, 0.1) is 11.1 Å².